The molecule has 3 aromatic carbocycles. The Morgan fingerprint density at radius 3 is 2.49 bits per heavy atom. The van der Waals surface area contributed by atoms with Crippen LogP contribution in [0.2, 0.25) is 0 Å². The molecule has 1 unspecified atom stereocenters. The summed E-state index contributed by atoms with van der Waals surface area (Å²) >= 11 is 0. The van der Waals surface area contributed by atoms with E-state index in [9.17, 15) is 19.8 Å². The molecule has 1 aliphatic carbocycles. The molecule has 0 bridgehead atoms. The van der Waals surface area contributed by atoms with Crippen LogP contribution < -0.4 is 26.4 Å². The van der Waals surface area contributed by atoms with Crippen LogP contribution in [0.3, 0.4) is 0 Å². The largest absolute Gasteiger partial charge is 0.504 e. The number of carbonyl (C=O) groups excluding carboxylic acids is 2. The maximum Gasteiger partial charge on any atom is 0.163 e. The summed E-state index contributed by atoms with van der Waals surface area (Å²) in [5.74, 6) is 1.78. The Hall–Kier alpha value is -4.80. The number of phenols is 1. The van der Waals surface area contributed by atoms with Gasteiger partial charge in [0.2, 0.25) is 0 Å². The Morgan fingerprint density at radius 1 is 0.902 bits per heavy atom. The monoisotopic (exact) mass is 827 g/mol. The number of hydrogen-bond acceptors (Lipinski definition) is 9. The van der Waals surface area contributed by atoms with E-state index in [0.717, 1.165) is 87.2 Å². The Balaban J connectivity index is 0.949. The van der Waals surface area contributed by atoms with Gasteiger partial charge in [0.25, 0.3) is 0 Å². The van der Waals surface area contributed by atoms with Gasteiger partial charge >= 0.3 is 0 Å². The molecular weight excluding hydrogens is 761 g/mol. The summed E-state index contributed by atoms with van der Waals surface area (Å²) in [6, 6.07) is 23.1. The fraction of sp³-hybridized carbons (Fsp3) is 0.462. The highest BCUT2D eigenvalue weighted by Crippen LogP contribution is 2.43. The fourth-order valence-corrected chi connectivity index (χ4v) is 10.2. The van der Waals surface area contributed by atoms with Crippen LogP contribution in [0.25, 0.3) is 5.57 Å². The van der Waals surface area contributed by atoms with E-state index in [2.05, 4.69) is 70.6 Å². The number of carbonyl (C=O) groups is 2. The first kappa shape index (κ1) is 44.3. The Labute approximate surface area is 362 Å². The van der Waals surface area contributed by atoms with Crippen molar-refractivity contribution in [3.63, 3.8) is 0 Å². The van der Waals surface area contributed by atoms with Gasteiger partial charge in [0, 0.05) is 25.2 Å². The van der Waals surface area contributed by atoms with E-state index in [1.807, 2.05) is 18.3 Å². The Morgan fingerprint density at radius 2 is 1.69 bits per heavy atom. The number of ketones is 2. The number of nitrogens with one attached hydrogen (secondary N) is 3. The second-order valence-corrected chi connectivity index (χ2v) is 17.6. The maximum absolute atomic E-state index is 13.4. The molecule has 2 saturated heterocycles. The number of hydrogen-bond donors (Lipinski definition) is 6. The lowest BCUT2D eigenvalue weighted by atomic mass is 9.64. The van der Waals surface area contributed by atoms with Gasteiger partial charge in [0.05, 0.1) is 26.3 Å². The van der Waals surface area contributed by atoms with E-state index in [1.54, 1.807) is 17.7 Å². The maximum atomic E-state index is 13.4. The third kappa shape index (κ3) is 12.0. The van der Waals surface area contributed by atoms with Crippen molar-refractivity contribution in [2.45, 2.75) is 102 Å². The van der Waals surface area contributed by atoms with Gasteiger partial charge in [0.1, 0.15) is 5.78 Å². The number of piperidine rings is 2. The third-order valence-electron chi connectivity index (χ3n) is 13.4. The smallest absolute Gasteiger partial charge is 0.163 e. The van der Waals surface area contributed by atoms with Crippen molar-refractivity contribution in [3.8, 4) is 11.5 Å². The number of methoxy groups -OCH3 is 1. The molecule has 0 radical (unpaired) electrons. The van der Waals surface area contributed by atoms with Gasteiger partial charge in [-0.25, -0.2) is 0 Å². The summed E-state index contributed by atoms with van der Waals surface area (Å²) in [5, 5.41) is 32.2. The first-order valence-corrected chi connectivity index (χ1v) is 22.7. The normalized spacial score (nSPS) is 22.5. The molecule has 0 amide bonds. The SMILES string of the molecule is COc1cc(/C(=C/C(=O)CC(=O)CCCCC[C@@H]2[C@H]3CCNC[C@@H]3C=C3CCCN[C@H]32)CO)c(CC2=CNC(N)C=C2CCc2cccc(CCc3ccccc3)c2)cc1O. The number of aliphatic hydroxyl groups excluding tert-OH is 1. The van der Waals surface area contributed by atoms with Crippen LogP contribution in [0.15, 0.2) is 108 Å². The van der Waals surface area contributed by atoms with Gasteiger partial charge in [-0.3, -0.25) is 9.59 Å². The van der Waals surface area contributed by atoms with Gasteiger partial charge in [-0.2, -0.15) is 0 Å². The average molecular weight is 827 g/mol. The topological polar surface area (TPSA) is 146 Å². The number of ether oxygens (including phenoxy) is 1. The highest BCUT2D eigenvalue weighted by molar-refractivity contribution is 6.07. The molecule has 9 nitrogen and oxygen atoms in total. The van der Waals surface area contributed by atoms with E-state index in [4.69, 9.17) is 10.5 Å². The van der Waals surface area contributed by atoms with E-state index in [1.165, 1.54) is 55.6 Å². The van der Waals surface area contributed by atoms with Gasteiger partial charge in [-0.1, -0.05) is 79.1 Å². The molecule has 7 N–H and O–H groups in total. The highest BCUT2D eigenvalue weighted by Gasteiger charge is 2.41. The summed E-state index contributed by atoms with van der Waals surface area (Å²) in [5.41, 5.74) is 15.6. The van der Waals surface area contributed by atoms with Gasteiger partial charge in [-0.15, -0.1) is 0 Å². The first-order chi connectivity index (χ1) is 29.8. The number of allylic oxidation sites excluding steroid dienone is 3. The van der Waals surface area contributed by atoms with Gasteiger partial charge in [0.15, 0.2) is 17.3 Å². The molecule has 0 spiro atoms. The molecule has 7 rings (SSSR count). The second kappa shape index (κ2) is 21.8. The van der Waals surface area contributed by atoms with Crippen molar-refractivity contribution >= 4 is 17.1 Å². The molecule has 4 aliphatic rings. The van der Waals surface area contributed by atoms with E-state index >= 15 is 0 Å². The van der Waals surface area contributed by atoms with Crippen LogP contribution in [0.5, 0.6) is 11.5 Å². The summed E-state index contributed by atoms with van der Waals surface area (Å²) < 4.78 is 5.46. The standard InChI is InChI=1S/C52H66N4O5/c1-61-50-31-48(43(34-57)27-45(59)30-44(58)15-6-3-7-16-47-46-21-23-54-32-42(46)25-39-14-9-22-55-52(39)47)40(28-49(50)60)26-41-33-56-51(53)29-38(41)20-19-37-13-8-12-36(24-37)18-17-35-10-4-2-5-11-35/h2,4-5,8,10-13,24-25,27-29,31,33,42,46-47,51-52,54-57,60H,3,6-7,9,14-23,26,30,32,34,53H2,1H3/b43-27+/t42-,46-,47+,51?,52+/m0/s1. The summed E-state index contributed by atoms with van der Waals surface area (Å²) in [7, 11) is 1.47. The molecule has 3 aliphatic heterocycles. The molecule has 0 aromatic heterocycles. The zero-order valence-corrected chi connectivity index (χ0v) is 36.0. The van der Waals surface area contributed by atoms with Crippen molar-refractivity contribution < 1.29 is 24.5 Å². The Kier molecular flexibility index (Phi) is 15.8. The van der Waals surface area contributed by atoms with E-state index in [-0.39, 0.29) is 35.7 Å². The lowest BCUT2D eigenvalue weighted by molar-refractivity contribution is -0.124. The van der Waals surface area contributed by atoms with Crippen LogP contribution in [-0.4, -0.2) is 67.3 Å². The zero-order chi connectivity index (χ0) is 42.6. The number of unbranched alkanes of at least 4 members (excludes halogenated alkanes) is 2. The molecule has 0 saturated carbocycles. The molecule has 3 heterocycles. The van der Waals surface area contributed by atoms with E-state index < -0.39 is 6.61 Å². The van der Waals surface area contributed by atoms with Crippen molar-refractivity contribution in [2.24, 2.45) is 23.5 Å². The molecule has 61 heavy (non-hydrogen) atoms. The number of rotatable bonds is 20. The van der Waals surface area contributed by atoms with Crippen molar-refractivity contribution in [1.29, 1.82) is 0 Å². The number of phenolic OH excluding ortho intramolecular Hbond substituents is 1. The summed E-state index contributed by atoms with van der Waals surface area (Å²) in [4.78, 5) is 26.5. The second-order valence-electron chi connectivity index (χ2n) is 17.6. The number of aliphatic hydroxyl groups is 1. The predicted molar refractivity (Wildman–Crippen MR) is 244 cm³/mol. The predicted octanol–water partition coefficient (Wildman–Crippen LogP) is 7.45. The molecule has 324 valence electrons. The van der Waals surface area contributed by atoms with Gasteiger partial charge < -0.3 is 36.6 Å². The number of dihydropyridines is 1. The summed E-state index contributed by atoms with van der Waals surface area (Å²) in [6.07, 6.45) is 19.4. The minimum absolute atomic E-state index is 0.0371. The summed E-state index contributed by atoms with van der Waals surface area (Å²) in [6.45, 7) is 2.86. The number of aromatic hydroxyl groups is 1. The minimum atomic E-state index is -0.418. The van der Waals surface area contributed by atoms with Crippen molar-refractivity contribution in [3.05, 3.63) is 136 Å². The highest BCUT2D eigenvalue weighted by atomic mass is 16.5. The van der Waals surface area contributed by atoms with E-state index in [0.29, 0.717) is 41.9 Å². The number of fused-ring (bicyclic) bond motifs is 2. The van der Waals surface area contributed by atoms with Crippen LogP contribution >= 0.6 is 0 Å². The van der Waals surface area contributed by atoms with Crippen molar-refractivity contribution in [2.75, 3.05) is 33.4 Å². The van der Waals surface area contributed by atoms with Crippen LogP contribution in [0.4, 0.5) is 0 Å². The van der Waals surface area contributed by atoms with Crippen LogP contribution in [0, 0.1) is 17.8 Å². The number of Topliss-reactive ketones (excluding diaryl/α,β-unsaturated/α-hetero) is 1. The van der Waals surface area contributed by atoms with Crippen LogP contribution in [-0.2, 0) is 35.3 Å². The molecular formula is C52H66N4O5. The van der Waals surface area contributed by atoms with Crippen molar-refractivity contribution in [1.82, 2.24) is 16.0 Å². The zero-order valence-electron chi connectivity index (χ0n) is 36.0. The molecule has 3 aromatic rings. The quantitative estimate of drug-likeness (QED) is 0.0296. The minimum Gasteiger partial charge on any atom is -0.504 e. The molecule has 2 fully saturated rings. The third-order valence-corrected chi connectivity index (χ3v) is 13.4. The number of nitrogens with two attached hydrogens (primary N) is 1. The lowest BCUT2D eigenvalue weighted by Gasteiger charge is -2.47. The number of aryl methyl sites for hydroxylation is 3. The number of benzene rings is 3. The molecule has 9 heteroatoms. The fourth-order valence-electron chi connectivity index (χ4n) is 10.2. The average Bonchev–Trinajstić information content (AvgIpc) is 3.27. The van der Waals surface area contributed by atoms with Gasteiger partial charge in [-0.05, 0) is 164 Å². The van der Waals surface area contributed by atoms with Crippen LogP contribution in [0.1, 0.15) is 92.0 Å². The first-order valence-electron chi connectivity index (χ1n) is 22.7. The molecule has 5 atom stereocenters. The Bertz CT molecular complexity index is 2110. The lowest BCUT2D eigenvalue weighted by Crippen LogP contribution is -2.52.